The van der Waals surface area contributed by atoms with E-state index in [0.29, 0.717) is 23.3 Å². The summed E-state index contributed by atoms with van der Waals surface area (Å²) in [5.74, 6) is 2.54. The van der Waals surface area contributed by atoms with E-state index in [0.717, 1.165) is 177 Å². The molecule has 118 heavy (non-hydrogen) atoms. The van der Waals surface area contributed by atoms with Crippen LogP contribution in [0.3, 0.4) is 0 Å². The van der Waals surface area contributed by atoms with E-state index in [-0.39, 0.29) is 0 Å². The van der Waals surface area contributed by atoms with Crippen molar-refractivity contribution in [3.05, 3.63) is 391 Å². The van der Waals surface area contributed by atoms with E-state index in [9.17, 15) is 0 Å². The van der Waals surface area contributed by atoms with Crippen molar-refractivity contribution in [2.75, 3.05) is 0 Å². The Balaban J connectivity index is 0.000000104. The number of rotatable bonds is 8. The van der Waals surface area contributed by atoms with Gasteiger partial charge >= 0.3 is 0 Å². The zero-order chi connectivity index (χ0) is 77.7. The number of hydrogen-bond acceptors (Lipinski definition) is 9. The number of aryl methyl sites for hydroxylation is 6. The lowest BCUT2D eigenvalue weighted by Gasteiger charge is -2.20. The van der Waals surface area contributed by atoms with E-state index >= 15 is 0 Å². The summed E-state index contributed by atoms with van der Waals surface area (Å²) in [6, 6.07) is 125. The van der Waals surface area contributed by atoms with Gasteiger partial charge in [-0.25, -0.2) is 24.9 Å². The molecule has 6 heterocycles. The number of benzene rings is 16. The van der Waals surface area contributed by atoms with Gasteiger partial charge in [-0.05, 0) is 159 Å². The summed E-state index contributed by atoms with van der Waals surface area (Å²) in [5, 5.41) is 9.24. The third-order valence-electron chi connectivity index (χ3n) is 24.1. The van der Waals surface area contributed by atoms with Gasteiger partial charge in [0, 0.05) is 76.5 Å². The zero-order valence-electron chi connectivity index (χ0n) is 64.2. The molecular formula is C109H71N5O4. The molecule has 0 atom stereocenters. The minimum absolute atomic E-state index is 0.599. The summed E-state index contributed by atoms with van der Waals surface area (Å²) in [7, 11) is 0. The molecule has 22 aromatic rings. The average Bonchev–Trinajstić information content (AvgIpc) is 1.57. The maximum absolute atomic E-state index is 6.63. The van der Waals surface area contributed by atoms with Gasteiger partial charge in [-0.1, -0.05) is 315 Å². The second-order valence-corrected chi connectivity index (χ2v) is 30.8. The predicted octanol–water partition coefficient (Wildman–Crippen LogP) is 28.3. The fourth-order valence-corrected chi connectivity index (χ4v) is 18.5. The lowest BCUT2D eigenvalue weighted by Crippen LogP contribution is -2.03. The van der Waals surface area contributed by atoms with Gasteiger partial charge in [-0.15, -0.1) is 0 Å². The maximum Gasteiger partial charge on any atom is 0.167 e. The van der Waals surface area contributed by atoms with Crippen molar-refractivity contribution in [3.8, 4) is 124 Å². The second kappa shape index (κ2) is 28.4. The van der Waals surface area contributed by atoms with Crippen molar-refractivity contribution in [2.24, 2.45) is 0 Å². The number of furan rings is 4. The fraction of sp³-hybridized carbons (Fsp3) is 0.0550. The molecule has 0 fully saturated rings. The highest BCUT2D eigenvalue weighted by Gasteiger charge is 2.29. The van der Waals surface area contributed by atoms with Crippen LogP contribution in [0, 0.1) is 0 Å². The molecule has 0 saturated carbocycles. The highest BCUT2D eigenvalue weighted by molar-refractivity contribution is 6.19. The molecule has 0 N–H and O–H groups in total. The lowest BCUT2D eigenvalue weighted by atomic mass is 9.83. The standard InChI is InChI=1S/C38H24O2.C36H24N2O.C35H23N3O/c1-2-8-27-23(7-1)19-20-26-21-22-34-36(35(26)27)32-13-6-11-29(38(32)40-34)25-17-15-24(16-18-25)28-10-5-12-31-30-9-3-4-14-33(30)39-37(28)31;1-3-11-24(12-4-1)30-22-31(25-13-5-2-6-14-25)38-36(37-30)29-17-9-16-28-34-32(39-35(28)29)21-20-26-19-18-23-10-7-8-15-27(23)33(26)34;1-3-11-24(12-4-1)33-36-34(25-13-5-2-6-14-25)38-35(37-33)28-17-9-16-27-31-29(39-32(27)28)21-20-23-19-18-22-10-7-8-15-26(22)30(23)31/h1-18,21-22H,19-20H2;1-17,20-22H,18-19H2;1-17,20-21H,18-19H2. The van der Waals surface area contributed by atoms with Crippen LogP contribution in [-0.2, 0) is 38.5 Å². The Bertz CT molecular complexity index is 7320. The van der Waals surface area contributed by atoms with Crippen LogP contribution in [0.25, 0.3) is 211 Å². The molecule has 0 aliphatic heterocycles. The largest absolute Gasteiger partial charge is 0.455 e. The molecule has 3 aliphatic rings. The predicted molar refractivity (Wildman–Crippen MR) is 479 cm³/mol. The van der Waals surface area contributed by atoms with Crippen molar-refractivity contribution in [2.45, 2.75) is 38.5 Å². The summed E-state index contributed by atoms with van der Waals surface area (Å²) < 4.78 is 26.2. The monoisotopic (exact) mass is 1510 g/mol. The summed E-state index contributed by atoms with van der Waals surface area (Å²) >= 11 is 0. The first-order valence-electron chi connectivity index (χ1n) is 40.5. The fourth-order valence-electron chi connectivity index (χ4n) is 18.5. The average molecular weight is 1510 g/mol. The molecule has 3 aliphatic carbocycles. The van der Waals surface area contributed by atoms with Crippen LogP contribution in [0.15, 0.2) is 376 Å². The van der Waals surface area contributed by atoms with Gasteiger partial charge in [0.05, 0.1) is 22.5 Å². The van der Waals surface area contributed by atoms with Gasteiger partial charge in [0.1, 0.15) is 44.7 Å². The zero-order valence-corrected chi connectivity index (χ0v) is 64.2. The van der Waals surface area contributed by atoms with Crippen LogP contribution in [0.2, 0.25) is 0 Å². The van der Waals surface area contributed by atoms with Crippen LogP contribution >= 0.6 is 0 Å². The number of hydrogen-bond donors (Lipinski definition) is 0. The molecular weight excluding hydrogens is 1440 g/mol. The molecule has 9 nitrogen and oxygen atoms in total. The van der Waals surface area contributed by atoms with Crippen LogP contribution in [0.4, 0.5) is 0 Å². The normalized spacial score (nSPS) is 12.5. The molecule has 0 spiro atoms. The topological polar surface area (TPSA) is 117 Å². The van der Waals surface area contributed by atoms with Crippen LogP contribution < -0.4 is 0 Å². The molecule has 0 unspecified atom stereocenters. The minimum atomic E-state index is 0.599. The third-order valence-corrected chi connectivity index (χ3v) is 24.1. The van der Waals surface area contributed by atoms with E-state index < -0.39 is 0 Å². The molecule has 0 amide bonds. The van der Waals surface area contributed by atoms with Crippen molar-refractivity contribution in [1.82, 2.24) is 24.9 Å². The second-order valence-electron chi connectivity index (χ2n) is 30.8. The SMILES string of the molecule is c1ccc(-c2cc(-c3ccccc3)nc(-c3cccc4c3oc3ccc5c(c34)-c3ccccc3CC5)n2)cc1.c1ccc(-c2nc(-c3ccccc3)nc(-c3cccc4c3oc3ccc5c(c34)-c3ccccc3CC5)n2)cc1.c1ccc2c(c1)CCc1ccc3oc4c(-c5ccc(-c6cccc7c6oc6ccccc67)cc5)cccc4c3c1-2. The van der Waals surface area contributed by atoms with Crippen molar-refractivity contribution >= 4 is 87.8 Å². The van der Waals surface area contributed by atoms with Crippen LogP contribution in [0.5, 0.6) is 0 Å². The number of nitrogens with zero attached hydrogens (tertiary/aromatic N) is 5. The van der Waals surface area contributed by atoms with E-state index in [1.807, 2.05) is 115 Å². The van der Waals surface area contributed by atoms with Crippen molar-refractivity contribution < 1.29 is 17.7 Å². The molecule has 0 radical (unpaired) electrons. The van der Waals surface area contributed by atoms with Gasteiger partial charge in [-0.3, -0.25) is 0 Å². The number of fused-ring (bicyclic) bond motifs is 24. The summed E-state index contributed by atoms with van der Waals surface area (Å²) in [6.07, 6.45) is 6.35. The summed E-state index contributed by atoms with van der Waals surface area (Å²) in [4.78, 5) is 24.9. The molecule has 6 aromatic heterocycles. The lowest BCUT2D eigenvalue weighted by molar-refractivity contribution is 0.669. The molecule has 0 bridgehead atoms. The Morgan fingerprint density at radius 2 is 0.475 bits per heavy atom. The van der Waals surface area contributed by atoms with Crippen molar-refractivity contribution in [3.63, 3.8) is 0 Å². The first-order valence-corrected chi connectivity index (χ1v) is 40.5. The van der Waals surface area contributed by atoms with Gasteiger partial charge in [-0.2, -0.15) is 0 Å². The molecule has 556 valence electrons. The van der Waals surface area contributed by atoms with Gasteiger partial charge in [0.25, 0.3) is 0 Å². The smallest absolute Gasteiger partial charge is 0.167 e. The first-order chi connectivity index (χ1) is 58.5. The third kappa shape index (κ3) is 11.7. The minimum Gasteiger partial charge on any atom is -0.455 e. The summed E-state index contributed by atoms with van der Waals surface area (Å²) in [6.45, 7) is 0. The Kier molecular flexibility index (Phi) is 16.5. The quantitative estimate of drug-likeness (QED) is 0.147. The van der Waals surface area contributed by atoms with E-state index in [1.165, 1.54) is 82.9 Å². The Labute approximate surface area is 679 Å². The van der Waals surface area contributed by atoms with E-state index in [1.54, 1.807) is 0 Å². The maximum atomic E-state index is 6.63. The van der Waals surface area contributed by atoms with Crippen LogP contribution in [0.1, 0.15) is 33.4 Å². The highest BCUT2D eigenvalue weighted by Crippen LogP contribution is 2.50. The highest BCUT2D eigenvalue weighted by atomic mass is 16.3. The Hall–Kier alpha value is -15.2. The molecule has 25 rings (SSSR count). The number of para-hydroxylation sites is 5. The van der Waals surface area contributed by atoms with Gasteiger partial charge < -0.3 is 17.7 Å². The Morgan fingerprint density at radius 3 is 0.898 bits per heavy atom. The van der Waals surface area contributed by atoms with Gasteiger partial charge in [0.15, 0.2) is 23.3 Å². The number of aromatic nitrogens is 5. The van der Waals surface area contributed by atoms with Crippen LogP contribution in [-0.4, -0.2) is 24.9 Å². The molecule has 0 saturated heterocycles. The van der Waals surface area contributed by atoms with Crippen molar-refractivity contribution in [1.29, 1.82) is 0 Å². The Morgan fingerprint density at radius 1 is 0.178 bits per heavy atom. The molecule has 9 heteroatoms. The summed E-state index contributed by atoms with van der Waals surface area (Å²) in [5.41, 5.74) is 35.4. The first kappa shape index (κ1) is 68.4. The molecule has 16 aromatic carbocycles. The van der Waals surface area contributed by atoms with E-state index in [2.05, 4.69) is 243 Å². The van der Waals surface area contributed by atoms with E-state index in [4.69, 9.17) is 42.6 Å². The van der Waals surface area contributed by atoms with Gasteiger partial charge in [0.2, 0.25) is 0 Å².